The lowest BCUT2D eigenvalue weighted by atomic mass is 10.1. The van der Waals surface area contributed by atoms with Gasteiger partial charge in [0.05, 0.1) is 24.9 Å². The Morgan fingerprint density at radius 1 is 0.969 bits per heavy atom. The SMILES string of the molecule is CCOC(=O)C(Cc1ccc(OCCn2c3ccccc3c3ccncc32)cc1)OCC. The van der Waals surface area contributed by atoms with Crippen LogP contribution >= 0.6 is 0 Å². The number of carbonyl (C=O) groups excluding carboxylic acids is 1. The summed E-state index contributed by atoms with van der Waals surface area (Å²) in [5.74, 6) is 0.465. The summed E-state index contributed by atoms with van der Waals surface area (Å²) < 4.78 is 18.9. The number of esters is 1. The molecule has 166 valence electrons. The van der Waals surface area contributed by atoms with E-state index in [1.807, 2.05) is 43.6 Å². The van der Waals surface area contributed by atoms with Crippen LogP contribution < -0.4 is 4.74 Å². The molecule has 6 nitrogen and oxygen atoms in total. The van der Waals surface area contributed by atoms with Gasteiger partial charge in [0.1, 0.15) is 12.4 Å². The van der Waals surface area contributed by atoms with E-state index in [0.29, 0.717) is 32.8 Å². The van der Waals surface area contributed by atoms with Gasteiger partial charge in [-0.05, 0) is 43.7 Å². The highest BCUT2D eigenvalue weighted by Gasteiger charge is 2.20. The van der Waals surface area contributed by atoms with Gasteiger partial charge in [0.2, 0.25) is 0 Å². The van der Waals surface area contributed by atoms with E-state index >= 15 is 0 Å². The number of hydrogen-bond acceptors (Lipinski definition) is 5. The molecule has 2 aromatic heterocycles. The van der Waals surface area contributed by atoms with E-state index in [-0.39, 0.29) is 5.97 Å². The van der Waals surface area contributed by atoms with Gasteiger partial charge in [-0.3, -0.25) is 4.98 Å². The number of aromatic nitrogens is 2. The van der Waals surface area contributed by atoms with Gasteiger partial charge in [0.15, 0.2) is 6.10 Å². The zero-order valence-corrected chi connectivity index (χ0v) is 18.5. The molecule has 0 spiro atoms. The number of fused-ring (bicyclic) bond motifs is 3. The van der Waals surface area contributed by atoms with Gasteiger partial charge in [-0.2, -0.15) is 0 Å². The molecule has 32 heavy (non-hydrogen) atoms. The molecule has 1 unspecified atom stereocenters. The second-order valence-corrected chi connectivity index (χ2v) is 7.45. The van der Waals surface area contributed by atoms with Crippen LogP contribution in [0, 0.1) is 0 Å². The van der Waals surface area contributed by atoms with Gasteiger partial charge >= 0.3 is 5.97 Å². The van der Waals surface area contributed by atoms with Gasteiger partial charge in [-0.15, -0.1) is 0 Å². The maximum absolute atomic E-state index is 12.1. The lowest BCUT2D eigenvalue weighted by molar-refractivity contribution is -0.156. The Morgan fingerprint density at radius 3 is 2.53 bits per heavy atom. The smallest absolute Gasteiger partial charge is 0.335 e. The number of hydrogen-bond donors (Lipinski definition) is 0. The maximum atomic E-state index is 12.1. The Bertz CT molecular complexity index is 1130. The molecule has 6 heteroatoms. The van der Waals surface area contributed by atoms with Gasteiger partial charge < -0.3 is 18.8 Å². The fourth-order valence-electron chi connectivity index (χ4n) is 3.97. The van der Waals surface area contributed by atoms with Crippen molar-refractivity contribution in [2.24, 2.45) is 0 Å². The first-order valence-electron chi connectivity index (χ1n) is 11.0. The summed E-state index contributed by atoms with van der Waals surface area (Å²) in [6, 6.07) is 18.2. The molecule has 2 heterocycles. The topological polar surface area (TPSA) is 62.6 Å². The molecule has 0 aliphatic heterocycles. The van der Waals surface area contributed by atoms with Crippen LogP contribution in [0.2, 0.25) is 0 Å². The zero-order chi connectivity index (χ0) is 22.3. The highest BCUT2D eigenvalue weighted by Crippen LogP contribution is 2.28. The second kappa shape index (κ2) is 10.3. The molecule has 0 aliphatic rings. The highest BCUT2D eigenvalue weighted by atomic mass is 16.6. The number of ether oxygens (including phenoxy) is 3. The summed E-state index contributed by atoms with van der Waals surface area (Å²) in [6.45, 7) is 5.72. The van der Waals surface area contributed by atoms with Crippen LogP contribution in [-0.2, 0) is 27.2 Å². The van der Waals surface area contributed by atoms with Crippen molar-refractivity contribution < 1.29 is 19.0 Å². The molecule has 0 saturated carbocycles. The van der Waals surface area contributed by atoms with Crippen LogP contribution in [-0.4, -0.2) is 41.4 Å². The first-order chi connectivity index (χ1) is 15.7. The molecule has 0 N–H and O–H groups in total. The molecule has 0 bridgehead atoms. The number of benzene rings is 2. The van der Waals surface area contributed by atoms with Crippen molar-refractivity contribution in [2.75, 3.05) is 19.8 Å². The summed E-state index contributed by atoms with van der Waals surface area (Å²) in [5, 5.41) is 2.42. The van der Waals surface area contributed by atoms with E-state index in [0.717, 1.165) is 16.8 Å². The Labute approximate surface area is 187 Å². The first-order valence-corrected chi connectivity index (χ1v) is 11.0. The number of carbonyl (C=O) groups is 1. The quantitative estimate of drug-likeness (QED) is 0.338. The number of nitrogens with zero attached hydrogens (tertiary/aromatic N) is 2. The van der Waals surface area contributed by atoms with Crippen molar-refractivity contribution >= 4 is 27.8 Å². The van der Waals surface area contributed by atoms with Crippen LogP contribution in [0.15, 0.2) is 67.0 Å². The molecule has 0 aliphatic carbocycles. The van der Waals surface area contributed by atoms with Crippen molar-refractivity contribution in [2.45, 2.75) is 32.9 Å². The minimum atomic E-state index is -0.587. The third kappa shape index (κ3) is 4.75. The van der Waals surface area contributed by atoms with Crippen LogP contribution in [0.25, 0.3) is 21.8 Å². The Balaban J connectivity index is 1.40. The predicted octanol–water partition coefficient (Wildman–Crippen LogP) is 4.78. The van der Waals surface area contributed by atoms with E-state index in [1.54, 1.807) is 6.92 Å². The summed E-state index contributed by atoms with van der Waals surface area (Å²) in [6.07, 6.45) is 3.62. The Hall–Kier alpha value is -3.38. The van der Waals surface area contributed by atoms with E-state index in [2.05, 4.69) is 39.9 Å². The minimum absolute atomic E-state index is 0.324. The molecule has 0 amide bonds. The average Bonchev–Trinajstić information content (AvgIpc) is 3.14. The molecule has 0 radical (unpaired) electrons. The van der Waals surface area contributed by atoms with Crippen molar-refractivity contribution in [1.29, 1.82) is 0 Å². The molecule has 1 atom stereocenters. The van der Waals surface area contributed by atoms with E-state index in [4.69, 9.17) is 14.2 Å². The van der Waals surface area contributed by atoms with Crippen LogP contribution in [0.1, 0.15) is 19.4 Å². The third-order valence-corrected chi connectivity index (χ3v) is 5.42. The largest absolute Gasteiger partial charge is 0.492 e. The van der Waals surface area contributed by atoms with Crippen LogP contribution in [0.5, 0.6) is 5.75 Å². The normalized spacial score (nSPS) is 12.2. The van der Waals surface area contributed by atoms with Gasteiger partial charge in [-0.25, -0.2) is 4.79 Å². The first kappa shape index (κ1) is 21.8. The highest BCUT2D eigenvalue weighted by molar-refractivity contribution is 6.07. The number of rotatable bonds is 10. The molecule has 0 fully saturated rings. The monoisotopic (exact) mass is 432 g/mol. The number of para-hydroxylation sites is 1. The van der Waals surface area contributed by atoms with Crippen molar-refractivity contribution in [1.82, 2.24) is 9.55 Å². The summed E-state index contributed by atoms with van der Waals surface area (Å²) in [4.78, 5) is 16.4. The Morgan fingerprint density at radius 2 is 1.75 bits per heavy atom. The van der Waals surface area contributed by atoms with Crippen molar-refractivity contribution in [3.63, 3.8) is 0 Å². The average molecular weight is 433 g/mol. The zero-order valence-electron chi connectivity index (χ0n) is 18.5. The summed E-state index contributed by atoms with van der Waals surface area (Å²) in [5.41, 5.74) is 3.28. The minimum Gasteiger partial charge on any atom is -0.492 e. The summed E-state index contributed by atoms with van der Waals surface area (Å²) in [7, 11) is 0. The fraction of sp³-hybridized carbons (Fsp3) is 0.308. The third-order valence-electron chi connectivity index (χ3n) is 5.42. The molecular formula is C26H28N2O4. The van der Waals surface area contributed by atoms with Crippen molar-refractivity contribution in [3.8, 4) is 5.75 Å². The fourth-order valence-corrected chi connectivity index (χ4v) is 3.97. The van der Waals surface area contributed by atoms with Crippen LogP contribution in [0.4, 0.5) is 0 Å². The van der Waals surface area contributed by atoms with E-state index in [1.165, 1.54) is 16.3 Å². The molecular weight excluding hydrogens is 404 g/mol. The second-order valence-electron chi connectivity index (χ2n) is 7.45. The van der Waals surface area contributed by atoms with Gasteiger partial charge in [0, 0.05) is 35.5 Å². The summed E-state index contributed by atoms with van der Waals surface area (Å²) >= 11 is 0. The van der Waals surface area contributed by atoms with E-state index in [9.17, 15) is 4.79 Å². The standard InChI is InChI=1S/C26H28N2O4/c1-3-30-25(26(29)31-4-2)17-19-9-11-20(12-10-19)32-16-15-28-23-8-6-5-7-21(23)22-13-14-27-18-24(22)28/h5-14,18,25H,3-4,15-17H2,1-2H3. The molecule has 4 rings (SSSR count). The van der Waals surface area contributed by atoms with Crippen molar-refractivity contribution in [3.05, 3.63) is 72.6 Å². The molecule has 4 aromatic rings. The van der Waals surface area contributed by atoms with E-state index < -0.39 is 6.10 Å². The lowest BCUT2D eigenvalue weighted by Gasteiger charge is -2.16. The number of pyridine rings is 1. The predicted molar refractivity (Wildman–Crippen MR) is 125 cm³/mol. The lowest BCUT2D eigenvalue weighted by Crippen LogP contribution is -2.28. The molecule has 2 aromatic carbocycles. The van der Waals surface area contributed by atoms with Gasteiger partial charge in [0.25, 0.3) is 0 Å². The maximum Gasteiger partial charge on any atom is 0.335 e. The van der Waals surface area contributed by atoms with Gasteiger partial charge in [-0.1, -0.05) is 30.3 Å². The Kier molecular flexibility index (Phi) is 7.02. The van der Waals surface area contributed by atoms with Crippen LogP contribution in [0.3, 0.4) is 0 Å². The molecule has 0 saturated heterocycles.